The molecule has 0 fully saturated rings. The molecule has 0 aliphatic rings. The third-order valence-corrected chi connectivity index (χ3v) is 6.03. The summed E-state index contributed by atoms with van der Waals surface area (Å²) in [5.74, 6) is -1.03. The number of thioether (sulfide) groups is 1. The maximum atomic E-state index is 13.3. The van der Waals surface area contributed by atoms with Crippen molar-refractivity contribution < 1.29 is 23.5 Å². The summed E-state index contributed by atoms with van der Waals surface area (Å²) in [6, 6.07) is 17.1. The monoisotopic (exact) mass is 524 g/mol. The van der Waals surface area contributed by atoms with E-state index in [1.54, 1.807) is 6.26 Å². The van der Waals surface area contributed by atoms with Crippen LogP contribution in [0.15, 0.2) is 70.3 Å². The maximum Gasteiger partial charge on any atom is 0.408 e. The molecule has 2 atom stereocenters. The summed E-state index contributed by atoms with van der Waals surface area (Å²) >= 11 is 1.22. The number of Topliss-reactive ketones (excluding diaryl/α,β-unsaturated/α-hetero) is 1. The standard InChI is InChI=1S/C27H32N4O5S/c1-18(2)16-22(29-26(34)35-17-20-12-8-5-9-13-20)24(33)28-21(15-14-19-10-6-4-7-11-19)23(32)25-30-31-27(36-25)37-3/h4-13,18,21-22H,14-17H2,1-3H3,(H,28,33)(H,29,34)/t21-,22-/m0/s1. The summed E-state index contributed by atoms with van der Waals surface area (Å²) in [4.78, 5) is 39.0. The molecule has 2 aromatic carbocycles. The van der Waals surface area contributed by atoms with Crippen molar-refractivity contribution in [2.45, 2.75) is 57.0 Å². The van der Waals surface area contributed by atoms with Crippen molar-refractivity contribution in [3.05, 3.63) is 77.7 Å². The second-order valence-corrected chi connectivity index (χ2v) is 9.67. The molecular weight excluding hydrogens is 492 g/mol. The number of alkyl carbamates (subject to hydrolysis) is 1. The number of carbonyl (C=O) groups is 3. The summed E-state index contributed by atoms with van der Waals surface area (Å²) in [6.45, 7) is 3.96. The lowest BCUT2D eigenvalue weighted by Gasteiger charge is -2.23. The van der Waals surface area contributed by atoms with Crippen LogP contribution >= 0.6 is 11.8 Å². The molecule has 0 radical (unpaired) electrons. The molecule has 37 heavy (non-hydrogen) atoms. The number of nitrogens with zero attached hydrogens (tertiary/aromatic N) is 2. The Kier molecular flexibility index (Phi) is 10.7. The highest BCUT2D eigenvalue weighted by Gasteiger charge is 2.30. The second-order valence-electron chi connectivity index (χ2n) is 8.92. The molecular formula is C27H32N4O5S. The van der Waals surface area contributed by atoms with Crippen LogP contribution in [0, 0.1) is 5.92 Å². The van der Waals surface area contributed by atoms with Crippen LogP contribution in [0.3, 0.4) is 0 Å². The molecule has 0 aliphatic heterocycles. The lowest BCUT2D eigenvalue weighted by atomic mass is 9.99. The predicted octanol–water partition coefficient (Wildman–Crippen LogP) is 4.43. The molecule has 0 spiro atoms. The van der Waals surface area contributed by atoms with Gasteiger partial charge < -0.3 is 19.8 Å². The van der Waals surface area contributed by atoms with Crippen molar-refractivity contribution in [2.75, 3.05) is 6.26 Å². The van der Waals surface area contributed by atoms with E-state index in [0.717, 1.165) is 11.1 Å². The molecule has 2 N–H and O–H groups in total. The Morgan fingerprint density at radius 2 is 1.57 bits per heavy atom. The highest BCUT2D eigenvalue weighted by atomic mass is 32.2. The second kappa shape index (κ2) is 14.2. The van der Waals surface area contributed by atoms with Gasteiger partial charge in [-0.25, -0.2) is 4.79 Å². The smallest absolute Gasteiger partial charge is 0.408 e. The van der Waals surface area contributed by atoms with Crippen molar-refractivity contribution >= 4 is 29.5 Å². The van der Waals surface area contributed by atoms with E-state index in [1.165, 1.54) is 11.8 Å². The average molecular weight is 525 g/mol. The topological polar surface area (TPSA) is 123 Å². The summed E-state index contributed by atoms with van der Waals surface area (Å²) in [5.41, 5.74) is 1.85. The average Bonchev–Trinajstić information content (AvgIpc) is 3.39. The molecule has 2 amide bonds. The van der Waals surface area contributed by atoms with Crippen LogP contribution in [0.4, 0.5) is 4.79 Å². The third kappa shape index (κ3) is 9.05. The van der Waals surface area contributed by atoms with E-state index in [2.05, 4.69) is 20.8 Å². The van der Waals surface area contributed by atoms with Crippen molar-refractivity contribution in [1.82, 2.24) is 20.8 Å². The SMILES string of the molecule is CSc1nnc(C(=O)[C@H](CCc2ccccc2)NC(=O)[C@H](CC(C)C)NC(=O)OCc2ccccc2)o1. The Bertz CT molecular complexity index is 1150. The van der Waals surface area contributed by atoms with Crippen LogP contribution in [-0.4, -0.2) is 46.3 Å². The first-order valence-corrected chi connectivity index (χ1v) is 13.3. The maximum absolute atomic E-state index is 13.3. The Hall–Kier alpha value is -3.66. The van der Waals surface area contributed by atoms with Crippen LogP contribution in [0.2, 0.25) is 0 Å². The minimum atomic E-state index is -0.917. The molecule has 0 saturated heterocycles. The molecule has 10 heteroatoms. The van der Waals surface area contributed by atoms with E-state index in [9.17, 15) is 14.4 Å². The Morgan fingerprint density at radius 1 is 0.919 bits per heavy atom. The number of aryl methyl sites for hydroxylation is 1. The van der Waals surface area contributed by atoms with Gasteiger partial charge in [-0.15, -0.1) is 10.2 Å². The van der Waals surface area contributed by atoms with Gasteiger partial charge in [-0.3, -0.25) is 9.59 Å². The molecule has 196 valence electrons. The van der Waals surface area contributed by atoms with Gasteiger partial charge in [0, 0.05) is 0 Å². The number of aromatic nitrogens is 2. The number of carbonyl (C=O) groups excluding carboxylic acids is 3. The normalized spacial score (nSPS) is 12.5. The highest BCUT2D eigenvalue weighted by molar-refractivity contribution is 7.98. The van der Waals surface area contributed by atoms with Gasteiger partial charge in [0.1, 0.15) is 12.6 Å². The van der Waals surface area contributed by atoms with E-state index in [0.29, 0.717) is 19.3 Å². The molecule has 3 rings (SSSR count). The van der Waals surface area contributed by atoms with Crippen LogP contribution in [0.1, 0.15) is 48.5 Å². The number of rotatable bonds is 13. The minimum Gasteiger partial charge on any atom is -0.445 e. The number of amides is 2. The fraction of sp³-hybridized carbons (Fsp3) is 0.370. The molecule has 0 aliphatic carbocycles. The quantitative estimate of drug-likeness (QED) is 0.249. The number of ether oxygens (including phenoxy) is 1. The first kappa shape index (κ1) is 27.9. The fourth-order valence-electron chi connectivity index (χ4n) is 3.65. The van der Waals surface area contributed by atoms with Gasteiger partial charge in [0.05, 0.1) is 6.04 Å². The van der Waals surface area contributed by atoms with E-state index < -0.39 is 29.9 Å². The molecule has 0 unspecified atom stereocenters. The van der Waals surface area contributed by atoms with Crippen LogP contribution in [0.5, 0.6) is 0 Å². The summed E-state index contributed by atoms with van der Waals surface area (Å²) < 4.78 is 10.7. The number of hydrogen-bond donors (Lipinski definition) is 2. The first-order chi connectivity index (χ1) is 17.9. The first-order valence-electron chi connectivity index (χ1n) is 12.1. The number of benzene rings is 2. The molecule has 0 saturated carbocycles. The third-order valence-electron chi connectivity index (χ3n) is 5.52. The van der Waals surface area contributed by atoms with Crippen molar-refractivity contribution in [3.63, 3.8) is 0 Å². The zero-order valence-corrected chi connectivity index (χ0v) is 22.0. The number of ketones is 1. The zero-order valence-electron chi connectivity index (χ0n) is 21.2. The lowest BCUT2D eigenvalue weighted by molar-refractivity contribution is -0.124. The van der Waals surface area contributed by atoms with E-state index in [-0.39, 0.29) is 23.6 Å². The predicted molar refractivity (Wildman–Crippen MR) is 140 cm³/mol. The van der Waals surface area contributed by atoms with Gasteiger partial charge in [0.25, 0.3) is 11.1 Å². The Morgan fingerprint density at radius 3 is 2.16 bits per heavy atom. The van der Waals surface area contributed by atoms with Gasteiger partial charge in [-0.2, -0.15) is 0 Å². The van der Waals surface area contributed by atoms with Gasteiger partial charge in [-0.1, -0.05) is 86.3 Å². The lowest BCUT2D eigenvalue weighted by Crippen LogP contribution is -2.52. The van der Waals surface area contributed by atoms with Crippen molar-refractivity contribution in [2.24, 2.45) is 5.92 Å². The summed E-state index contributed by atoms with van der Waals surface area (Å²) in [5, 5.41) is 13.4. The van der Waals surface area contributed by atoms with E-state index in [4.69, 9.17) is 9.15 Å². The molecule has 9 nitrogen and oxygen atoms in total. The largest absolute Gasteiger partial charge is 0.445 e. The van der Waals surface area contributed by atoms with E-state index in [1.807, 2.05) is 74.5 Å². The molecule has 0 bridgehead atoms. The van der Waals surface area contributed by atoms with Crippen LogP contribution in [0.25, 0.3) is 0 Å². The van der Waals surface area contributed by atoms with Crippen molar-refractivity contribution in [1.29, 1.82) is 0 Å². The Balaban J connectivity index is 1.70. The van der Waals surface area contributed by atoms with Gasteiger partial charge in [0.15, 0.2) is 0 Å². The highest BCUT2D eigenvalue weighted by Crippen LogP contribution is 2.16. The Labute approximate surface area is 220 Å². The van der Waals surface area contributed by atoms with Gasteiger partial charge in [-0.05, 0) is 42.6 Å². The van der Waals surface area contributed by atoms with E-state index >= 15 is 0 Å². The minimum absolute atomic E-state index is 0.0792. The molecule has 1 heterocycles. The fourth-order valence-corrected chi connectivity index (χ4v) is 3.93. The number of nitrogens with one attached hydrogen (secondary N) is 2. The summed E-state index contributed by atoms with van der Waals surface area (Å²) in [6.07, 6.45) is 2.28. The molecule has 3 aromatic rings. The molecule has 1 aromatic heterocycles. The van der Waals surface area contributed by atoms with Gasteiger partial charge in [0.2, 0.25) is 11.7 Å². The van der Waals surface area contributed by atoms with Crippen LogP contribution < -0.4 is 10.6 Å². The summed E-state index contributed by atoms with van der Waals surface area (Å²) in [7, 11) is 0. The van der Waals surface area contributed by atoms with Gasteiger partial charge >= 0.3 is 6.09 Å². The number of hydrogen-bond acceptors (Lipinski definition) is 8. The van der Waals surface area contributed by atoms with Crippen LogP contribution in [-0.2, 0) is 22.6 Å². The van der Waals surface area contributed by atoms with Crippen molar-refractivity contribution in [3.8, 4) is 0 Å². The zero-order chi connectivity index (χ0) is 26.6.